The first-order valence-corrected chi connectivity index (χ1v) is 12.6. The molecule has 2 rings (SSSR count). The molecule has 1 nitrogen and oxygen atoms in total. The van der Waals surface area contributed by atoms with E-state index in [4.69, 9.17) is 0 Å². The van der Waals surface area contributed by atoms with Gasteiger partial charge in [0.05, 0.1) is 6.10 Å². The molecule has 0 heterocycles. The Morgan fingerprint density at radius 3 is 2.72 bits per heavy atom. The maximum atomic E-state index is 13.7. The predicted octanol–water partition coefficient (Wildman–Crippen LogP) is 7.99. The molecule has 0 radical (unpaired) electrons. The molecule has 0 aromatic heterocycles. The number of thioether (sulfide) groups is 1. The standard InChI is InChI=1S/C26H41FOS/c1-7-23(18(2)13-16-25(27)29-6)26(5)17-9-11-22(20(26)4)15-14-21-10-8-12-24(28)19(21)3/h14-16,18,20,23-24,28H,3,7-13,17H2,1-2,4-6H3/b21-14-,22-15+,25-16-/t18?,20?,23?,24?,26-/m0/s1. The zero-order valence-electron chi connectivity index (χ0n) is 19.1. The van der Waals surface area contributed by atoms with Crippen LogP contribution < -0.4 is 0 Å². The largest absolute Gasteiger partial charge is 0.388 e. The number of rotatable bonds is 7. The number of halogens is 1. The fraction of sp³-hybridized carbons (Fsp3) is 0.692. The first-order chi connectivity index (χ1) is 13.7. The van der Waals surface area contributed by atoms with Crippen LogP contribution in [0.15, 0.2) is 46.7 Å². The van der Waals surface area contributed by atoms with Crippen molar-refractivity contribution in [1.82, 2.24) is 0 Å². The van der Waals surface area contributed by atoms with Gasteiger partial charge >= 0.3 is 0 Å². The molecule has 2 fully saturated rings. The molecular weight excluding hydrogens is 379 g/mol. The second-order valence-corrected chi connectivity index (χ2v) is 10.2. The van der Waals surface area contributed by atoms with Crippen molar-refractivity contribution in [2.45, 2.75) is 85.2 Å². The number of aliphatic hydroxyl groups excluding tert-OH is 1. The summed E-state index contributed by atoms with van der Waals surface area (Å²) >= 11 is 1.20. The molecule has 0 spiro atoms. The molecule has 2 saturated carbocycles. The van der Waals surface area contributed by atoms with Crippen LogP contribution in [-0.2, 0) is 0 Å². The first-order valence-electron chi connectivity index (χ1n) is 11.4. The number of hydrogen-bond acceptors (Lipinski definition) is 2. The summed E-state index contributed by atoms with van der Waals surface area (Å²) in [6.45, 7) is 13.5. The molecule has 2 aliphatic rings. The van der Waals surface area contributed by atoms with Crippen LogP contribution in [0, 0.1) is 23.2 Å². The average molecular weight is 421 g/mol. The van der Waals surface area contributed by atoms with Crippen LogP contribution in [0.1, 0.15) is 79.1 Å². The number of allylic oxidation sites excluding steroid dienone is 4. The van der Waals surface area contributed by atoms with Gasteiger partial charge in [0.25, 0.3) is 0 Å². The predicted molar refractivity (Wildman–Crippen MR) is 127 cm³/mol. The molecule has 1 N–H and O–H groups in total. The van der Waals surface area contributed by atoms with Gasteiger partial charge in [0.15, 0.2) is 5.16 Å². The Morgan fingerprint density at radius 2 is 2.07 bits per heavy atom. The van der Waals surface area contributed by atoms with Crippen molar-refractivity contribution in [3.63, 3.8) is 0 Å². The Balaban J connectivity index is 2.20. The zero-order chi connectivity index (χ0) is 21.6. The zero-order valence-corrected chi connectivity index (χ0v) is 20.0. The number of aliphatic hydroxyl groups is 1. The molecule has 164 valence electrons. The van der Waals surface area contributed by atoms with Crippen molar-refractivity contribution in [3.05, 3.63) is 46.7 Å². The molecule has 3 heteroatoms. The van der Waals surface area contributed by atoms with Gasteiger partial charge in [-0.2, -0.15) is 4.39 Å². The third-order valence-electron chi connectivity index (χ3n) is 7.78. The number of hydrogen-bond donors (Lipinski definition) is 1. The van der Waals surface area contributed by atoms with Gasteiger partial charge < -0.3 is 5.11 Å². The summed E-state index contributed by atoms with van der Waals surface area (Å²) in [6, 6.07) is 0. The van der Waals surface area contributed by atoms with Gasteiger partial charge in [-0.3, -0.25) is 0 Å². The van der Waals surface area contributed by atoms with Crippen LogP contribution in [0.25, 0.3) is 0 Å². The van der Waals surface area contributed by atoms with E-state index in [-0.39, 0.29) is 16.7 Å². The van der Waals surface area contributed by atoms with Crippen molar-refractivity contribution < 1.29 is 9.50 Å². The highest BCUT2D eigenvalue weighted by molar-refractivity contribution is 8.02. The van der Waals surface area contributed by atoms with E-state index in [2.05, 4.69) is 46.4 Å². The Morgan fingerprint density at radius 1 is 1.34 bits per heavy atom. The minimum absolute atomic E-state index is 0.0596. The van der Waals surface area contributed by atoms with Crippen molar-refractivity contribution in [2.75, 3.05) is 6.26 Å². The summed E-state index contributed by atoms with van der Waals surface area (Å²) in [7, 11) is 0. The van der Waals surface area contributed by atoms with E-state index in [1.165, 1.54) is 35.7 Å². The van der Waals surface area contributed by atoms with E-state index >= 15 is 0 Å². The van der Waals surface area contributed by atoms with E-state index in [9.17, 15) is 9.50 Å². The lowest BCUT2D eigenvalue weighted by molar-refractivity contribution is 0.0475. The topological polar surface area (TPSA) is 20.2 Å². The van der Waals surface area contributed by atoms with E-state index < -0.39 is 0 Å². The molecule has 2 aliphatic carbocycles. The van der Waals surface area contributed by atoms with Gasteiger partial charge in [-0.05, 0) is 91.6 Å². The van der Waals surface area contributed by atoms with Crippen LogP contribution in [-0.4, -0.2) is 17.5 Å². The van der Waals surface area contributed by atoms with Crippen LogP contribution in [0.3, 0.4) is 0 Å². The first kappa shape index (κ1) is 24.5. The fourth-order valence-corrected chi connectivity index (χ4v) is 6.00. The smallest absolute Gasteiger partial charge is 0.152 e. The lowest BCUT2D eigenvalue weighted by Gasteiger charge is -2.49. The lowest BCUT2D eigenvalue weighted by atomic mass is 9.56. The van der Waals surface area contributed by atoms with Gasteiger partial charge in [-0.15, -0.1) is 0 Å². The minimum atomic E-state index is -0.373. The SMILES string of the molecule is C=C1/C(=C\C=C2/CCC[C@](C)(C(CC)C(C)C/C=C(/F)SC)C2C)CCCC1O. The molecule has 29 heavy (non-hydrogen) atoms. The summed E-state index contributed by atoms with van der Waals surface area (Å²) in [5.74, 6) is 1.55. The molecule has 4 unspecified atom stereocenters. The summed E-state index contributed by atoms with van der Waals surface area (Å²) in [6.07, 6.45) is 16.2. The van der Waals surface area contributed by atoms with Gasteiger partial charge in [0.1, 0.15) is 0 Å². The van der Waals surface area contributed by atoms with Gasteiger partial charge in [-0.25, -0.2) is 0 Å². The normalized spacial score (nSPS) is 33.9. The van der Waals surface area contributed by atoms with Gasteiger partial charge in [0.2, 0.25) is 0 Å². The molecule has 0 aromatic rings. The fourth-order valence-electron chi connectivity index (χ4n) is 5.74. The molecule has 0 aliphatic heterocycles. The summed E-state index contributed by atoms with van der Waals surface area (Å²) in [5, 5.41) is 10.0. The summed E-state index contributed by atoms with van der Waals surface area (Å²) in [5.41, 5.74) is 3.88. The summed E-state index contributed by atoms with van der Waals surface area (Å²) < 4.78 is 13.7. The third kappa shape index (κ3) is 5.88. The Labute approximate surface area is 182 Å². The Bertz CT molecular complexity index is 662. The highest BCUT2D eigenvalue weighted by Crippen LogP contribution is 2.52. The highest BCUT2D eigenvalue weighted by atomic mass is 32.2. The second-order valence-electron chi connectivity index (χ2n) is 9.39. The van der Waals surface area contributed by atoms with Gasteiger partial charge in [-0.1, -0.05) is 70.2 Å². The lowest BCUT2D eigenvalue weighted by Crippen LogP contribution is -2.40. The Kier molecular flexibility index (Phi) is 9.28. The molecular formula is C26H41FOS. The van der Waals surface area contributed by atoms with Crippen LogP contribution in [0.2, 0.25) is 0 Å². The van der Waals surface area contributed by atoms with Gasteiger partial charge in [0, 0.05) is 0 Å². The molecule has 0 bridgehead atoms. The highest BCUT2D eigenvalue weighted by Gasteiger charge is 2.43. The molecule has 0 aromatic carbocycles. The van der Waals surface area contributed by atoms with Crippen molar-refractivity contribution in [3.8, 4) is 0 Å². The maximum absolute atomic E-state index is 13.7. The third-order valence-corrected chi connectivity index (χ3v) is 8.34. The maximum Gasteiger partial charge on any atom is 0.152 e. The molecule has 5 atom stereocenters. The van der Waals surface area contributed by atoms with Crippen LogP contribution in [0.4, 0.5) is 4.39 Å². The monoisotopic (exact) mass is 420 g/mol. The molecule has 0 amide bonds. The van der Waals surface area contributed by atoms with E-state index in [0.717, 1.165) is 44.1 Å². The van der Waals surface area contributed by atoms with Crippen LogP contribution in [0.5, 0.6) is 0 Å². The quantitative estimate of drug-likeness (QED) is 0.450. The van der Waals surface area contributed by atoms with Crippen molar-refractivity contribution >= 4 is 11.8 Å². The second kappa shape index (κ2) is 11.0. The Hall–Kier alpha value is -0.800. The van der Waals surface area contributed by atoms with E-state index in [1.54, 1.807) is 12.3 Å². The molecule has 0 saturated heterocycles. The minimum Gasteiger partial charge on any atom is -0.388 e. The van der Waals surface area contributed by atoms with Crippen molar-refractivity contribution in [2.24, 2.45) is 23.2 Å². The van der Waals surface area contributed by atoms with E-state index in [1.807, 2.05) is 0 Å². The van der Waals surface area contributed by atoms with E-state index in [0.29, 0.717) is 17.8 Å². The average Bonchev–Trinajstić information content (AvgIpc) is 2.70. The van der Waals surface area contributed by atoms with Crippen molar-refractivity contribution in [1.29, 1.82) is 0 Å². The summed E-state index contributed by atoms with van der Waals surface area (Å²) in [4.78, 5) is 0. The van der Waals surface area contributed by atoms with Crippen LogP contribution >= 0.6 is 11.8 Å².